The molecular weight excluding hydrogens is 254 g/mol. The molecule has 0 spiro atoms. The summed E-state index contributed by atoms with van der Waals surface area (Å²) in [5.41, 5.74) is 5.17. The summed E-state index contributed by atoms with van der Waals surface area (Å²) in [7, 11) is 0. The van der Waals surface area contributed by atoms with E-state index in [9.17, 15) is 0 Å². The Kier molecular flexibility index (Phi) is 3.48. The molecule has 2 aromatic carbocycles. The molecule has 0 fully saturated rings. The summed E-state index contributed by atoms with van der Waals surface area (Å²) >= 11 is 6.28. The second-order valence-corrected chi connectivity index (χ2v) is 5.68. The highest BCUT2D eigenvalue weighted by atomic mass is 35.5. The predicted octanol–water partition coefficient (Wildman–Crippen LogP) is 5.14. The molecule has 0 heterocycles. The number of rotatable bonds is 2. The molecule has 0 radical (unpaired) electrons. The molecule has 0 aliphatic heterocycles. The van der Waals surface area contributed by atoms with E-state index < -0.39 is 0 Å². The van der Waals surface area contributed by atoms with Crippen molar-refractivity contribution in [2.75, 3.05) is 5.32 Å². The van der Waals surface area contributed by atoms with Crippen molar-refractivity contribution in [1.82, 2.24) is 0 Å². The molecule has 1 aliphatic rings. The highest BCUT2D eigenvalue weighted by Crippen LogP contribution is 2.34. The van der Waals surface area contributed by atoms with Gasteiger partial charge in [-0.1, -0.05) is 41.9 Å². The van der Waals surface area contributed by atoms with E-state index in [4.69, 9.17) is 11.6 Å². The first-order valence-corrected chi connectivity index (χ1v) is 7.22. The number of fused-ring (bicyclic) bond motifs is 1. The van der Waals surface area contributed by atoms with Gasteiger partial charge in [0.05, 0.1) is 16.8 Å². The zero-order valence-electron chi connectivity index (χ0n) is 11.1. The molecule has 1 N–H and O–H groups in total. The van der Waals surface area contributed by atoms with Gasteiger partial charge in [-0.2, -0.15) is 0 Å². The fraction of sp³-hybridized carbons (Fsp3) is 0.294. The van der Waals surface area contributed by atoms with Crippen LogP contribution in [0.2, 0.25) is 5.02 Å². The van der Waals surface area contributed by atoms with Crippen LogP contribution in [0.4, 0.5) is 5.69 Å². The first-order chi connectivity index (χ1) is 9.24. The van der Waals surface area contributed by atoms with Crippen LogP contribution in [0.25, 0.3) is 0 Å². The second-order valence-electron chi connectivity index (χ2n) is 5.27. The highest BCUT2D eigenvalue weighted by Gasteiger charge is 2.20. The SMILES string of the molecule is Cc1ccc(Cl)c(NC2CCCc3ccccc32)c1. The minimum atomic E-state index is 0.379. The zero-order chi connectivity index (χ0) is 13.2. The van der Waals surface area contributed by atoms with E-state index in [1.165, 1.54) is 36.0 Å². The normalized spacial score (nSPS) is 17.9. The third-order valence-electron chi connectivity index (χ3n) is 3.82. The minimum Gasteiger partial charge on any atom is -0.377 e. The Hall–Kier alpha value is -1.47. The average Bonchev–Trinajstić information content (AvgIpc) is 2.43. The van der Waals surface area contributed by atoms with E-state index in [-0.39, 0.29) is 0 Å². The van der Waals surface area contributed by atoms with E-state index >= 15 is 0 Å². The van der Waals surface area contributed by atoms with Crippen LogP contribution < -0.4 is 5.32 Å². The number of nitrogens with one attached hydrogen (secondary N) is 1. The van der Waals surface area contributed by atoms with Crippen molar-refractivity contribution in [1.29, 1.82) is 0 Å². The molecule has 2 aromatic rings. The van der Waals surface area contributed by atoms with Gasteiger partial charge >= 0.3 is 0 Å². The van der Waals surface area contributed by atoms with Crippen LogP contribution in [0.3, 0.4) is 0 Å². The lowest BCUT2D eigenvalue weighted by Gasteiger charge is -2.27. The van der Waals surface area contributed by atoms with Crippen LogP contribution in [0.1, 0.15) is 35.6 Å². The third kappa shape index (κ3) is 2.62. The van der Waals surface area contributed by atoms with Crippen molar-refractivity contribution in [3.63, 3.8) is 0 Å². The molecule has 1 aliphatic carbocycles. The lowest BCUT2D eigenvalue weighted by molar-refractivity contribution is 0.600. The fourth-order valence-corrected chi connectivity index (χ4v) is 3.01. The molecule has 3 rings (SSSR count). The summed E-state index contributed by atoms with van der Waals surface area (Å²) < 4.78 is 0. The second kappa shape index (κ2) is 5.26. The van der Waals surface area contributed by atoms with Crippen molar-refractivity contribution < 1.29 is 0 Å². The maximum atomic E-state index is 6.28. The van der Waals surface area contributed by atoms with Crippen molar-refractivity contribution in [2.24, 2.45) is 0 Å². The van der Waals surface area contributed by atoms with Crippen LogP contribution in [0.15, 0.2) is 42.5 Å². The summed E-state index contributed by atoms with van der Waals surface area (Å²) in [6.45, 7) is 2.09. The van der Waals surface area contributed by atoms with Crippen molar-refractivity contribution in [3.05, 3.63) is 64.2 Å². The predicted molar refractivity (Wildman–Crippen MR) is 81.9 cm³/mol. The van der Waals surface area contributed by atoms with Gasteiger partial charge in [0.2, 0.25) is 0 Å². The van der Waals surface area contributed by atoms with Gasteiger partial charge in [-0.15, -0.1) is 0 Å². The Morgan fingerprint density at radius 1 is 1.16 bits per heavy atom. The highest BCUT2D eigenvalue weighted by molar-refractivity contribution is 6.33. The van der Waals surface area contributed by atoms with Crippen LogP contribution in [-0.2, 0) is 6.42 Å². The van der Waals surface area contributed by atoms with Gasteiger partial charge in [0.15, 0.2) is 0 Å². The molecule has 19 heavy (non-hydrogen) atoms. The Bertz CT molecular complexity index is 592. The Labute approximate surface area is 119 Å². The largest absolute Gasteiger partial charge is 0.377 e. The van der Waals surface area contributed by atoms with Gasteiger partial charge < -0.3 is 5.32 Å². The molecule has 0 bridgehead atoms. The Morgan fingerprint density at radius 3 is 2.89 bits per heavy atom. The lowest BCUT2D eigenvalue weighted by Crippen LogP contribution is -2.17. The molecule has 1 unspecified atom stereocenters. The number of halogens is 1. The van der Waals surface area contributed by atoms with Crippen LogP contribution in [0, 0.1) is 6.92 Å². The number of anilines is 1. The summed E-state index contributed by atoms with van der Waals surface area (Å²) in [4.78, 5) is 0. The quantitative estimate of drug-likeness (QED) is 0.798. The van der Waals surface area contributed by atoms with Gasteiger partial charge in [-0.25, -0.2) is 0 Å². The standard InChI is InChI=1S/C17H18ClN/c1-12-9-10-15(18)17(11-12)19-16-8-4-6-13-5-2-3-7-14(13)16/h2-3,5,7,9-11,16,19H,4,6,8H2,1H3. The number of benzene rings is 2. The minimum absolute atomic E-state index is 0.379. The average molecular weight is 272 g/mol. The van der Waals surface area contributed by atoms with Crippen LogP contribution >= 0.6 is 11.6 Å². The first-order valence-electron chi connectivity index (χ1n) is 6.84. The van der Waals surface area contributed by atoms with Crippen LogP contribution in [0.5, 0.6) is 0 Å². The molecule has 0 saturated heterocycles. The lowest BCUT2D eigenvalue weighted by atomic mass is 9.87. The summed E-state index contributed by atoms with van der Waals surface area (Å²) in [6, 6.07) is 15.2. The topological polar surface area (TPSA) is 12.0 Å². The van der Waals surface area contributed by atoms with Crippen molar-refractivity contribution >= 4 is 17.3 Å². The monoisotopic (exact) mass is 271 g/mol. The van der Waals surface area contributed by atoms with E-state index in [0.29, 0.717) is 6.04 Å². The van der Waals surface area contributed by atoms with E-state index in [0.717, 1.165) is 10.7 Å². The molecule has 0 amide bonds. The fourth-order valence-electron chi connectivity index (χ4n) is 2.84. The number of aryl methyl sites for hydroxylation is 2. The molecular formula is C17H18ClN. The van der Waals surface area contributed by atoms with Gasteiger partial charge in [-0.3, -0.25) is 0 Å². The zero-order valence-corrected chi connectivity index (χ0v) is 11.9. The first kappa shape index (κ1) is 12.6. The van der Waals surface area contributed by atoms with Gasteiger partial charge in [0.25, 0.3) is 0 Å². The molecule has 2 heteroatoms. The molecule has 98 valence electrons. The van der Waals surface area contributed by atoms with Gasteiger partial charge in [0, 0.05) is 0 Å². The van der Waals surface area contributed by atoms with E-state index in [1.807, 2.05) is 12.1 Å². The third-order valence-corrected chi connectivity index (χ3v) is 4.15. The molecule has 0 saturated carbocycles. The Morgan fingerprint density at radius 2 is 2.00 bits per heavy atom. The molecule has 1 nitrogen and oxygen atoms in total. The van der Waals surface area contributed by atoms with Gasteiger partial charge in [-0.05, 0) is 55.0 Å². The van der Waals surface area contributed by atoms with Crippen molar-refractivity contribution in [2.45, 2.75) is 32.2 Å². The molecule has 0 aromatic heterocycles. The summed E-state index contributed by atoms with van der Waals surface area (Å²) in [6.07, 6.45) is 3.59. The number of hydrogen-bond donors (Lipinski definition) is 1. The maximum absolute atomic E-state index is 6.28. The van der Waals surface area contributed by atoms with E-state index in [2.05, 4.69) is 42.6 Å². The smallest absolute Gasteiger partial charge is 0.0637 e. The van der Waals surface area contributed by atoms with E-state index in [1.54, 1.807) is 0 Å². The summed E-state index contributed by atoms with van der Waals surface area (Å²) in [5.74, 6) is 0. The van der Waals surface area contributed by atoms with Crippen LogP contribution in [-0.4, -0.2) is 0 Å². The molecule has 1 atom stereocenters. The summed E-state index contributed by atoms with van der Waals surface area (Å²) in [5, 5.41) is 4.41. The van der Waals surface area contributed by atoms with Gasteiger partial charge in [0.1, 0.15) is 0 Å². The number of hydrogen-bond acceptors (Lipinski definition) is 1. The Balaban J connectivity index is 1.90. The maximum Gasteiger partial charge on any atom is 0.0637 e. The van der Waals surface area contributed by atoms with Crippen molar-refractivity contribution in [3.8, 4) is 0 Å².